The van der Waals surface area contributed by atoms with Crippen LogP contribution >= 0.6 is 0 Å². The predicted molar refractivity (Wildman–Crippen MR) is 118 cm³/mol. The quantitative estimate of drug-likeness (QED) is 0.502. The van der Waals surface area contributed by atoms with Gasteiger partial charge in [0, 0.05) is 19.0 Å². The Morgan fingerprint density at radius 3 is 2.58 bits per heavy atom. The molecule has 3 aromatic rings. The Morgan fingerprint density at radius 1 is 1.10 bits per heavy atom. The van der Waals surface area contributed by atoms with E-state index in [2.05, 4.69) is 10.3 Å². The minimum atomic E-state index is -0.182. The Balaban J connectivity index is 1.49. The minimum Gasteiger partial charge on any atom is -0.493 e. The van der Waals surface area contributed by atoms with Gasteiger partial charge in [-0.3, -0.25) is 14.2 Å². The van der Waals surface area contributed by atoms with Gasteiger partial charge in [0.05, 0.1) is 38.0 Å². The summed E-state index contributed by atoms with van der Waals surface area (Å²) >= 11 is 0. The van der Waals surface area contributed by atoms with Crippen LogP contribution in [-0.2, 0) is 11.3 Å². The summed E-state index contributed by atoms with van der Waals surface area (Å²) in [4.78, 5) is 29.1. The Kier molecular flexibility index (Phi) is 7.48. The van der Waals surface area contributed by atoms with Crippen LogP contribution in [0, 0.1) is 6.92 Å². The molecular formula is C23H27N3O5. The number of para-hydroxylation sites is 1. The number of carbonyl (C=O) groups excluding carboxylic acids is 1. The number of fused-ring (bicyclic) bond motifs is 1. The summed E-state index contributed by atoms with van der Waals surface area (Å²) in [7, 11) is 3.05. The van der Waals surface area contributed by atoms with Gasteiger partial charge in [-0.2, -0.15) is 0 Å². The Hall–Kier alpha value is -3.55. The normalized spacial score (nSPS) is 10.7. The maximum atomic E-state index is 12.8. The molecule has 1 N–H and O–H groups in total. The minimum absolute atomic E-state index is 0.0819. The molecule has 1 amide bonds. The molecule has 1 heterocycles. The summed E-state index contributed by atoms with van der Waals surface area (Å²) in [6, 6.07) is 11.0. The Labute approximate surface area is 180 Å². The molecule has 164 valence electrons. The van der Waals surface area contributed by atoms with Crippen molar-refractivity contribution in [2.24, 2.45) is 0 Å². The first-order valence-electron chi connectivity index (χ1n) is 10.1. The number of nitrogens with one attached hydrogen (secondary N) is 1. The smallest absolute Gasteiger partial charge is 0.261 e. The number of nitrogens with zero attached hydrogens (tertiary/aromatic N) is 2. The van der Waals surface area contributed by atoms with Gasteiger partial charge < -0.3 is 19.5 Å². The van der Waals surface area contributed by atoms with Crippen molar-refractivity contribution in [3.05, 3.63) is 58.6 Å². The van der Waals surface area contributed by atoms with E-state index in [1.165, 1.54) is 25.1 Å². The third-order valence-corrected chi connectivity index (χ3v) is 4.91. The van der Waals surface area contributed by atoms with Crippen molar-refractivity contribution in [1.29, 1.82) is 0 Å². The van der Waals surface area contributed by atoms with Crippen LogP contribution in [-0.4, -0.2) is 42.8 Å². The van der Waals surface area contributed by atoms with Gasteiger partial charge in [-0.25, -0.2) is 4.98 Å². The number of carbonyl (C=O) groups is 1. The number of aryl methyl sites for hydroxylation is 2. The van der Waals surface area contributed by atoms with E-state index in [1.807, 2.05) is 31.2 Å². The lowest BCUT2D eigenvalue weighted by Crippen LogP contribution is -2.28. The zero-order valence-corrected chi connectivity index (χ0v) is 18.0. The highest BCUT2D eigenvalue weighted by molar-refractivity contribution is 5.81. The van der Waals surface area contributed by atoms with Gasteiger partial charge in [-0.05, 0) is 31.0 Å². The van der Waals surface area contributed by atoms with E-state index in [1.54, 1.807) is 12.1 Å². The third-order valence-electron chi connectivity index (χ3n) is 4.91. The molecule has 3 rings (SSSR count). The molecule has 0 fully saturated rings. The fraction of sp³-hybridized carbons (Fsp3) is 0.348. The van der Waals surface area contributed by atoms with Gasteiger partial charge in [-0.15, -0.1) is 0 Å². The van der Waals surface area contributed by atoms with E-state index in [0.717, 1.165) is 11.3 Å². The van der Waals surface area contributed by atoms with Crippen molar-refractivity contribution < 1.29 is 19.0 Å². The van der Waals surface area contributed by atoms with Crippen molar-refractivity contribution in [2.45, 2.75) is 26.3 Å². The summed E-state index contributed by atoms with van der Waals surface area (Å²) < 4.78 is 17.7. The van der Waals surface area contributed by atoms with E-state index in [0.29, 0.717) is 54.9 Å². The largest absolute Gasteiger partial charge is 0.493 e. The van der Waals surface area contributed by atoms with Gasteiger partial charge in [0.1, 0.15) is 12.4 Å². The molecule has 0 atom stereocenters. The summed E-state index contributed by atoms with van der Waals surface area (Å²) in [6.07, 6.45) is 2.32. The van der Waals surface area contributed by atoms with Crippen LogP contribution in [0.15, 0.2) is 47.5 Å². The van der Waals surface area contributed by atoms with Crippen molar-refractivity contribution in [2.75, 3.05) is 27.4 Å². The van der Waals surface area contributed by atoms with Crippen LogP contribution in [0.5, 0.6) is 17.2 Å². The number of aromatic nitrogens is 2. The molecular weight excluding hydrogens is 398 g/mol. The molecule has 31 heavy (non-hydrogen) atoms. The highest BCUT2D eigenvalue weighted by atomic mass is 16.5. The first-order valence-corrected chi connectivity index (χ1v) is 10.1. The molecule has 0 aliphatic rings. The second-order valence-electron chi connectivity index (χ2n) is 7.03. The monoisotopic (exact) mass is 425 g/mol. The number of benzene rings is 2. The standard InChI is InChI=1S/C23H27N3O5/c1-16-7-4-5-8-19(16)31-12-10-24-22(27)9-6-11-26-15-25-18-14-21(30-3)20(29-2)13-17(18)23(26)28/h4-5,7-8,13-15H,6,9-12H2,1-3H3,(H,24,27). The maximum Gasteiger partial charge on any atom is 0.261 e. The highest BCUT2D eigenvalue weighted by Gasteiger charge is 2.11. The molecule has 0 spiro atoms. The predicted octanol–water partition coefficient (Wildman–Crippen LogP) is 2.70. The van der Waals surface area contributed by atoms with E-state index >= 15 is 0 Å². The van der Waals surface area contributed by atoms with Gasteiger partial charge in [-0.1, -0.05) is 18.2 Å². The molecule has 0 aliphatic carbocycles. The summed E-state index contributed by atoms with van der Waals surface area (Å²) in [5, 5.41) is 3.28. The average molecular weight is 425 g/mol. The van der Waals surface area contributed by atoms with Crippen molar-refractivity contribution in [3.8, 4) is 17.2 Å². The van der Waals surface area contributed by atoms with Crippen LogP contribution in [0.25, 0.3) is 10.9 Å². The molecule has 2 aromatic carbocycles. The second-order valence-corrected chi connectivity index (χ2v) is 7.03. The van der Waals surface area contributed by atoms with E-state index in [-0.39, 0.29) is 11.5 Å². The SMILES string of the molecule is COc1cc2ncn(CCCC(=O)NCCOc3ccccc3C)c(=O)c2cc1OC. The van der Waals surface area contributed by atoms with Crippen molar-refractivity contribution in [1.82, 2.24) is 14.9 Å². The maximum absolute atomic E-state index is 12.8. The van der Waals surface area contributed by atoms with Gasteiger partial charge in [0.25, 0.3) is 5.56 Å². The average Bonchev–Trinajstić information content (AvgIpc) is 2.78. The number of rotatable bonds is 10. The number of ether oxygens (including phenoxy) is 3. The number of hydrogen-bond donors (Lipinski definition) is 1. The lowest BCUT2D eigenvalue weighted by Gasteiger charge is -2.11. The highest BCUT2D eigenvalue weighted by Crippen LogP contribution is 2.29. The third kappa shape index (κ3) is 5.53. The topological polar surface area (TPSA) is 91.7 Å². The van der Waals surface area contributed by atoms with Crippen LogP contribution in [0.4, 0.5) is 0 Å². The van der Waals surface area contributed by atoms with E-state index in [4.69, 9.17) is 14.2 Å². The lowest BCUT2D eigenvalue weighted by molar-refractivity contribution is -0.121. The Morgan fingerprint density at radius 2 is 1.84 bits per heavy atom. The molecule has 8 nitrogen and oxygen atoms in total. The van der Waals surface area contributed by atoms with Crippen LogP contribution in [0.2, 0.25) is 0 Å². The van der Waals surface area contributed by atoms with Gasteiger partial charge in [0.2, 0.25) is 5.91 Å². The molecule has 8 heteroatoms. The summed E-state index contributed by atoms with van der Waals surface area (Å²) in [5.41, 5.74) is 1.41. The molecule has 0 radical (unpaired) electrons. The molecule has 0 bridgehead atoms. The zero-order valence-electron chi connectivity index (χ0n) is 18.0. The fourth-order valence-corrected chi connectivity index (χ4v) is 3.21. The van der Waals surface area contributed by atoms with Gasteiger partial charge in [0.15, 0.2) is 11.5 Å². The lowest BCUT2D eigenvalue weighted by atomic mass is 10.2. The zero-order chi connectivity index (χ0) is 22.2. The van der Waals surface area contributed by atoms with Gasteiger partial charge >= 0.3 is 0 Å². The van der Waals surface area contributed by atoms with Crippen LogP contribution < -0.4 is 25.1 Å². The number of hydrogen-bond acceptors (Lipinski definition) is 6. The van der Waals surface area contributed by atoms with Crippen molar-refractivity contribution >= 4 is 16.8 Å². The van der Waals surface area contributed by atoms with E-state index < -0.39 is 0 Å². The molecule has 0 aliphatic heterocycles. The molecule has 0 saturated carbocycles. The molecule has 0 saturated heterocycles. The Bertz CT molecular complexity index is 1110. The second kappa shape index (κ2) is 10.5. The first-order chi connectivity index (χ1) is 15.0. The fourth-order valence-electron chi connectivity index (χ4n) is 3.21. The van der Waals surface area contributed by atoms with Crippen LogP contribution in [0.1, 0.15) is 18.4 Å². The summed E-state index contributed by atoms with van der Waals surface area (Å²) in [5.74, 6) is 1.72. The molecule has 1 aromatic heterocycles. The number of methoxy groups -OCH3 is 2. The van der Waals surface area contributed by atoms with Crippen molar-refractivity contribution in [3.63, 3.8) is 0 Å². The first kappa shape index (κ1) is 22.1. The molecule has 0 unspecified atom stereocenters. The van der Waals surface area contributed by atoms with Crippen LogP contribution in [0.3, 0.4) is 0 Å². The summed E-state index contributed by atoms with van der Waals surface area (Å²) in [6.45, 7) is 3.19. The number of amides is 1. The van der Waals surface area contributed by atoms with E-state index in [9.17, 15) is 9.59 Å².